The van der Waals surface area contributed by atoms with E-state index in [1.54, 1.807) is 0 Å². The Morgan fingerprint density at radius 1 is 1.22 bits per heavy atom. The fraction of sp³-hybridized carbons (Fsp3) is 0.684. The van der Waals surface area contributed by atoms with Crippen LogP contribution in [-0.4, -0.2) is 43.3 Å². The highest BCUT2D eigenvalue weighted by Crippen LogP contribution is 2.31. The van der Waals surface area contributed by atoms with Gasteiger partial charge in [0.25, 0.3) is 0 Å². The molecular weight excluding hydrogens is 288 g/mol. The van der Waals surface area contributed by atoms with Crippen molar-refractivity contribution in [3.8, 4) is 5.75 Å². The van der Waals surface area contributed by atoms with E-state index in [4.69, 9.17) is 15.2 Å². The minimum Gasteiger partial charge on any atom is -0.493 e. The quantitative estimate of drug-likeness (QED) is 0.746. The fourth-order valence-corrected chi connectivity index (χ4v) is 3.37. The third-order valence-electron chi connectivity index (χ3n) is 4.40. The van der Waals surface area contributed by atoms with Crippen molar-refractivity contribution >= 4 is 0 Å². The zero-order valence-corrected chi connectivity index (χ0v) is 14.8. The summed E-state index contributed by atoms with van der Waals surface area (Å²) in [5.41, 5.74) is 7.34. The second kappa shape index (κ2) is 9.26. The van der Waals surface area contributed by atoms with Crippen LogP contribution in [0.25, 0.3) is 0 Å². The summed E-state index contributed by atoms with van der Waals surface area (Å²) in [5.74, 6) is 0.978. The first-order chi connectivity index (χ1) is 11.2. The van der Waals surface area contributed by atoms with E-state index in [1.807, 2.05) is 6.07 Å². The monoisotopic (exact) mass is 320 g/mol. The van der Waals surface area contributed by atoms with Gasteiger partial charge in [0.15, 0.2) is 0 Å². The van der Waals surface area contributed by atoms with Gasteiger partial charge in [0, 0.05) is 25.2 Å². The van der Waals surface area contributed by atoms with Crippen LogP contribution in [0.5, 0.6) is 5.75 Å². The Bertz CT molecular complexity index is 456. The predicted molar refractivity (Wildman–Crippen MR) is 94.8 cm³/mol. The van der Waals surface area contributed by atoms with Crippen LogP contribution in [0.15, 0.2) is 24.3 Å². The zero-order valence-electron chi connectivity index (χ0n) is 14.8. The third kappa shape index (κ3) is 5.20. The normalized spacial score (nSPS) is 23.7. The van der Waals surface area contributed by atoms with Crippen molar-refractivity contribution in [2.45, 2.75) is 58.3 Å². The van der Waals surface area contributed by atoms with Crippen molar-refractivity contribution in [2.75, 3.05) is 26.2 Å². The summed E-state index contributed by atoms with van der Waals surface area (Å²) in [6.07, 6.45) is 4.00. The minimum absolute atomic E-state index is 0.186. The molecule has 3 atom stereocenters. The van der Waals surface area contributed by atoms with Crippen molar-refractivity contribution in [1.29, 1.82) is 0 Å². The number of benzene rings is 1. The fourth-order valence-electron chi connectivity index (χ4n) is 3.37. The Morgan fingerprint density at radius 2 is 1.91 bits per heavy atom. The summed E-state index contributed by atoms with van der Waals surface area (Å²) in [4.78, 5) is 2.44. The van der Waals surface area contributed by atoms with Crippen LogP contribution in [0.3, 0.4) is 0 Å². The predicted octanol–water partition coefficient (Wildman–Crippen LogP) is 3.36. The second-order valence-corrected chi connectivity index (χ2v) is 6.56. The molecule has 0 aliphatic carbocycles. The van der Waals surface area contributed by atoms with Crippen molar-refractivity contribution in [1.82, 2.24) is 4.90 Å². The van der Waals surface area contributed by atoms with E-state index in [-0.39, 0.29) is 18.2 Å². The number of hydrogen-bond acceptors (Lipinski definition) is 4. The maximum absolute atomic E-state index is 6.13. The lowest BCUT2D eigenvalue weighted by Gasteiger charge is -2.40. The maximum atomic E-state index is 6.13. The van der Waals surface area contributed by atoms with Gasteiger partial charge in [-0.3, -0.25) is 4.90 Å². The summed E-state index contributed by atoms with van der Waals surface area (Å²) >= 11 is 0. The third-order valence-corrected chi connectivity index (χ3v) is 4.40. The second-order valence-electron chi connectivity index (χ2n) is 6.56. The molecule has 1 saturated heterocycles. The number of ether oxygens (including phenoxy) is 2. The van der Waals surface area contributed by atoms with Crippen LogP contribution in [0.1, 0.15) is 51.6 Å². The molecule has 4 nitrogen and oxygen atoms in total. The summed E-state index contributed by atoms with van der Waals surface area (Å²) in [5, 5.41) is 0. The number of morpholine rings is 1. The van der Waals surface area contributed by atoms with Crippen LogP contribution >= 0.6 is 0 Å². The molecule has 0 amide bonds. The molecule has 1 aromatic rings. The molecule has 4 heteroatoms. The number of hydrogen-bond donors (Lipinski definition) is 1. The lowest BCUT2D eigenvalue weighted by atomic mass is 10.0. The number of para-hydroxylation sites is 1. The molecule has 0 bridgehead atoms. The SMILES string of the molecule is CCCCCOc1ccccc1C(CN)N1CC(C)OC(C)C1. The molecule has 2 rings (SSSR count). The highest BCUT2D eigenvalue weighted by atomic mass is 16.5. The molecule has 1 aliphatic rings. The minimum atomic E-state index is 0.186. The topological polar surface area (TPSA) is 47.7 Å². The van der Waals surface area contributed by atoms with E-state index in [0.717, 1.165) is 31.9 Å². The van der Waals surface area contributed by atoms with Crippen LogP contribution < -0.4 is 10.5 Å². The molecule has 23 heavy (non-hydrogen) atoms. The number of nitrogens with zero attached hydrogens (tertiary/aromatic N) is 1. The Hall–Kier alpha value is -1.10. The molecule has 0 saturated carbocycles. The van der Waals surface area contributed by atoms with Gasteiger partial charge in [-0.2, -0.15) is 0 Å². The van der Waals surface area contributed by atoms with E-state index < -0.39 is 0 Å². The highest BCUT2D eigenvalue weighted by Gasteiger charge is 2.29. The van der Waals surface area contributed by atoms with Gasteiger partial charge in [0.1, 0.15) is 5.75 Å². The number of nitrogens with two attached hydrogens (primary N) is 1. The molecular formula is C19H32N2O2. The maximum Gasteiger partial charge on any atom is 0.124 e. The van der Waals surface area contributed by atoms with E-state index in [2.05, 4.69) is 43.9 Å². The van der Waals surface area contributed by atoms with E-state index in [9.17, 15) is 0 Å². The molecule has 3 unspecified atom stereocenters. The average Bonchev–Trinajstić information content (AvgIpc) is 2.53. The van der Waals surface area contributed by atoms with Crippen LogP contribution in [0.4, 0.5) is 0 Å². The standard InChI is InChI=1S/C19H32N2O2/c1-4-5-8-11-22-19-10-7-6-9-17(19)18(12-20)21-13-15(2)23-16(3)14-21/h6-7,9-10,15-16,18H,4-5,8,11-14,20H2,1-3H3. The molecule has 130 valence electrons. The first-order valence-corrected chi connectivity index (χ1v) is 8.97. The van der Waals surface area contributed by atoms with Crippen molar-refractivity contribution in [2.24, 2.45) is 5.73 Å². The number of rotatable bonds is 8. The van der Waals surface area contributed by atoms with E-state index in [1.165, 1.54) is 18.4 Å². The Kier molecular flexibility index (Phi) is 7.34. The first-order valence-electron chi connectivity index (χ1n) is 8.97. The summed E-state index contributed by atoms with van der Waals surface area (Å²) in [6, 6.07) is 8.52. The van der Waals surface area contributed by atoms with E-state index >= 15 is 0 Å². The van der Waals surface area contributed by atoms with Crippen LogP contribution in [0, 0.1) is 0 Å². The lowest BCUT2D eigenvalue weighted by molar-refractivity contribution is -0.0801. The Labute approximate surface area is 140 Å². The first kappa shape index (κ1) is 18.2. The molecule has 1 aromatic carbocycles. The van der Waals surface area contributed by atoms with Gasteiger partial charge in [0.05, 0.1) is 24.9 Å². The van der Waals surface area contributed by atoms with Gasteiger partial charge in [-0.25, -0.2) is 0 Å². The summed E-state index contributed by atoms with van der Waals surface area (Å²) in [7, 11) is 0. The Morgan fingerprint density at radius 3 is 2.57 bits per heavy atom. The largest absolute Gasteiger partial charge is 0.493 e. The molecule has 0 aromatic heterocycles. The lowest BCUT2D eigenvalue weighted by Crippen LogP contribution is -2.48. The zero-order chi connectivity index (χ0) is 16.7. The van der Waals surface area contributed by atoms with Crippen LogP contribution in [-0.2, 0) is 4.74 Å². The molecule has 2 N–H and O–H groups in total. The van der Waals surface area contributed by atoms with Gasteiger partial charge in [-0.05, 0) is 26.3 Å². The highest BCUT2D eigenvalue weighted by molar-refractivity contribution is 5.36. The molecule has 1 aliphatic heterocycles. The summed E-state index contributed by atoms with van der Waals surface area (Å²) in [6.45, 7) is 9.66. The Balaban J connectivity index is 2.10. The van der Waals surface area contributed by atoms with Crippen molar-refractivity contribution < 1.29 is 9.47 Å². The smallest absolute Gasteiger partial charge is 0.124 e. The van der Waals surface area contributed by atoms with Gasteiger partial charge in [-0.1, -0.05) is 38.0 Å². The average molecular weight is 320 g/mol. The molecule has 1 fully saturated rings. The van der Waals surface area contributed by atoms with Gasteiger partial charge in [-0.15, -0.1) is 0 Å². The number of unbranched alkanes of at least 4 members (excludes halogenated alkanes) is 2. The van der Waals surface area contributed by atoms with Gasteiger partial charge < -0.3 is 15.2 Å². The van der Waals surface area contributed by atoms with Gasteiger partial charge >= 0.3 is 0 Å². The van der Waals surface area contributed by atoms with E-state index in [0.29, 0.717) is 6.54 Å². The van der Waals surface area contributed by atoms with Crippen molar-refractivity contribution in [3.63, 3.8) is 0 Å². The van der Waals surface area contributed by atoms with Crippen molar-refractivity contribution in [3.05, 3.63) is 29.8 Å². The van der Waals surface area contributed by atoms with Crippen LogP contribution in [0.2, 0.25) is 0 Å². The molecule has 0 spiro atoms. The molecule has 1 heterocycles. The summed E-state index contributed by atoms with van der Waals surface area (Å²) < 4.78 is 11.9. The molecule has 0 radical (unpaired) electrons. The van der Waals surface area contributed by atoms with Gasteiger partial charge in [0.2, 0.25) is 0 Å².